The number of hydrogen-bond acceptors (Lipinski definition) is 16. The molecular weight excluding hydrogens is 1370 g/mol. The molecule has 3 aliphatic rings. The molecule has 0 atom stereocenters. The number of fused-ring (bicyclic) bond motifs is 8. The van der Waals surface area contributed by atoms with Crippen LogP contribution in [0.3, 0.4) is 0 Å². The number of piperidine rings is 2. The predicted octanol–water partition coefficient (Wildman–Crippen LogP) is 14.7. The zero-order chi connectivity index (χ0) is 71.6. The Morgan fingerprint density at radius 1 is 0.462 bits per heavy atom. The van der Waals surface area contributed by atoms with Crippen LogP contribution in [-0.2, 0) is 21.4 Å². The van der Waals surface area contributed by atoms with Gasteiger partial charge in [-0.15, -0.1) is 11.3 Å². The van der Waals surface area contributed by atoms with Crippen LogP contribution < -0.4 is 22.5 Å². The van der Waals surface area contributed by atoms with Gasteiger partial charge in [-0.25, -0.2) is 43.3 Å². The smallest absolute Gasteiger partial charge is 0.252 e. The molecule has 26 heteroatoms. The van der Waals surface area contributed by atoms with Gasteiger partial charge in [0.15, 0.2) is 0 Å². The fraction of sp³-hybridized carbons (Fsp3) is 0.212. The Morgan fingerprint density at radius 3 is 1.38 bits per heavy atom. The summed E-state index contributed by atoms with van der Waals surface area (Å²) in [5, 5.41) is 9.34. The van der Waals surface area contributed by atoms with Crippen molar-refractivity contribution in [1.82, 2.24) is 82.2 Å². The second-order valence-electron chi connectivity index (χ2n) is 27.7. The van der Waals surface area contributed by atoms with Crippen molar-refractivity contribution in [3.8, 4) is 34.2 Å². The number of rotatable bonds is 12. The molecule has 12 aromatic heterocycles. The lowest BCUT2D eigenvalue weighted by Crippen LogP contribution is -2.37. The quantitative estimate of drug-likeness (QED) is 0.0564. The van der Waals surface area contributed by atoms with E-state index in [2.05, 4.69) is 138 Å². The van der Waals surface area contributed by atoms with E-state index in [1.165, 1.54) is 16.7 Å². The normalized spacial score (nSPS) is 16.5. The number of aromatic amines is 4. The van der Waals surface area contributed by atoms with Gasteiger partial charge in [0.05, 0.1) is 39.3 Å². The van der Waals surface area contributed by atoms with E-state index in [1.54, 1.807) is 40.4 Å². The summed E-state index contributed by atoms with van der Waals surface area (Å²) in [5.74, 6) is 5.45. The highest BCUT2D eigenvalue weighted by atomic mass is 32.2. The number of H-pyrrole nitrogens is 4. The van der Waals surface area contributed by atoms with Gasteiger partial charge in [0.25, 0.3) is 10.0 Å². The standard InChI is InChI=1S/C29H27N7.C28H26N8O.C23H22N6O2S2/c30-28-27-26(25-17-21-6-2-4-8-24(21)33-25)34-29(36(27)16-13-31-28)20-11-14-35(15-12-20)18-22-10-9-19-5-1-3-7-23(19)32-22;29-25-24-23(22-15-18-5-1-2-6-19(18)31-22)34-26(36(24)14-13-30-25)16-9-11-17(12-10-16)27(37)35-28-32-20-7-3-4-8-21(20)33-28;24-22-21-20(18-14-16-4-1-2-5-17(16)26-18)27-23(29(21)12-9-25-22)15-7-10-28(11-8-15)33(30,31)19-6-3-13-32-19/h1-10,13,16-17,20,33H,11-12,14-15,18H2,(H2,30,31);1-8,13-17,31H,9-12H2,(H2,29,30)(H2,32,33,35,37);1-6,9,12-15,26H,7-8,10-11H2,(H2,24,25). The molecule has 0 radical (unpaired) electrons. The third-order valence-electron chi connectivity index (χ3n) is 21.2. The number of hydrogen-bond donors (Lipinski definition) is 8. The SMILES string of the molecule is Nc1nccn2c(C3CCC(C(=O)Nc4nc5ccccc5[nH]4)CC3)nc(-c3cc4ccccc4[nH]3)c12.Nc1nccn2c(C3CCN(Cc4ccc5ccccc5n4)CC3)nc(-c3cc4ccccc4[nH]3)c12.Nc1nccn2c(C3CCN(S(=O)(=O)c4cccs4)CC3)nc(-c3cc4ccccc4[nH]3)c12. The average molecular weight is 1440 g/mol. The van der Waals surface area contributed by atoms with Crippen LogP contribution >= 0.6 is 11.3 Å². The zero-order valence-corrected chi connectivity index (χ0v) is 59.4. The molecule has 3 fully saturated rings. The van der Waals surface area contributed by atoms with Crippen LogP contribution in [0.2, 0.25) is 0 Å². The molecule has 1 saturated carbocycles. The van der Waals surface area contributed by atoms with Crippen molar-refractivity contribution < 1.29 is 13.2 Å². The van der Waals surface area contributed by atoms with Crippen molar-refractivity contribution in [3.63, 3.8) is 0 Å². The Labute approximate surface area is 611 Å². The van der Waals surface area contributed by atoms with Crippen molar-refractivity contribution in [1.29, 1.82) is 0 Å². The maximum atomic E-state index is 13.0. The van der Waals surface area contributed by atoms with Gasteiger partial charge in [0, 0.05) is 119 Å². The molecule has 0 unspecified atom stereocenters. The summed E-state index contributed by atoms with van der Waals surface area (Å²) in [4.78, 5) is 66.8. The largest absolute Gasteiger partial charge is 0.382 e. The summed E-state index contributed by atoms with van der Waals surface area (Å²) < 4.78 is 34.0. The van der Waals surface area contributed by atoms with Crippen LogP contribution in [0.5, 0.6) is 0 Å². The molecule has 0 bridgehead atoms. The van der Waals surface area contributed by atoms with Crippen molar-refractivity contribution in [2.75, 3.05) is 48.7 Å². The summed E-state index contributed by atoms with van der Waals surface area (Å²) in [6.07, 6.45) is 17.7. The number of carbonyl (C=O) groups excluding carboxylic acids is 1. The van der Waals surface area contributed by atoms with E-state index < -0.39 is 10.0 Å². The zero-order valence-electron chi connectivity index (χ0n) is 57.7. The maximum absolute atomic E-state index is 13.0. The summed E-state index contributed by atoms with van der Waals surface area (Å²) in [5.41, 5.74) is 33.8. The van der Waals surface area contributed by atoms with Crippen molar-refractivity contribution >= 4 is 122 Å². The van der Waals surface area contributed by atoms with Gasteiger partial charge in [0.1, 0.15) is 72.8 Å². The van der Waals surface area contributed by atoms with Gasteiger partial charge >= 0.3 is 0 Å². The molecule has 20 rings (SSSR count). The minimum Gasteiger partial charge on any atom is -0.382 e. The highest BCUT2D eigenvalue weighted by Crippen LogP contribution is 2.42. The number of amides is 1. The highest BCUT2D eigenvalue weighted by molar-refractivity contribution is 7.91. The fourth-order valence-corrected chi connectivity index (χ4v) is 18.4. The molecule has 1 amide bonds. The molecular formula is C80H75N21O3S2. The highest BCUT2D eigenvalue weighted by Gasteiger charge is 2.35. The van der Waals surface area contributed by atoms with Gasteiger partial charge < -0.3 is 37.1 Å². The van der Waals surface area contributed by atoms with Gasteiger partial charge in [-0.2, -0.15) is 4.31 Å². The number of nitrogens with one attached hydrogen (secondary N) is 5. The minimum atomic E-state index is -3.44. The van der Waals surface area contributed by atoms with Crippen LogP contribution in [0, 0.1) is 5.92 Å². The lowest BCUT2D eigenvalue weighted by atomic mass is 9.81. The van der Waals surface area contributed by atoms with Gasteiger partial charge in [0.2, 0.25) is 11.9 Å². The monoisotopic (exact) mass is 1440 g/mol. The molecule has 11 N–H and O–H groups in total. The van der Waals surface area contributed by atoms with E-state index in [-0.39, 0.29) is 23.7 Å². The van der Waals surface area contributed by atoms with Crippen molar-refractivity contribution in [3.05, 3.63) is 230 Å². The third-order valence-corrected chi connectivity index (χ3v) is 24.5. The Balaban J connectivity index is 0.000000113. The molecule has 17 aromatic rings. The van der Waals surface area contributed by atoms with E-state index in [4.69, 9.17) is 37.1 Å². The van der Waals surface area contributed by atoms with Crippen molar-refractivity contribution in [2.45, 2.75) is 79.9 Å². The first-order chi connectivity index (χ1) is 51.9. The molecule has 106 heavy (non-hydrogen) atoms. The summed E-state index contributed by atoms with van der Waals surface area (Å²) in [6, 6.07) is 54.7. The number of pyridine rings is 1. The number of anilines is 4. The van der Waals surface area contributed by atoms with Crippen LogP contribution in [0.1, 0.15) is 92.3 Å². The van der Waals surface area contributed by atoms with Crippen molar-refractivity contribution in [2.24, 2.45) is 5.92 Å². The van der Waals surface area contributed by atoms with Crippen LogP contribution in [-0.4, -0.2) is 123 Å². The summed E-state index contributed by atoms with van der Waals surface area (Å²) >= 11 is 1.26. The molecule has 0 spiro atoms. The Morgan fingerprint density at radius 2 is 0.906 bits per heavy atom. The first-order valence-corrected chi connectivity index (χ1v) is 38.2. The lowest BCUT2D eigenvalue weighted by molar-refractivity contribution is -0.120. The van der Waals surface area contributed by atoms with E-state index in [1.807, 2.05) is 95.8 Å². The number of likely N-dealkylation sites (tertiary alicyclic amines) is 1. The molecule has 5 aromatic carbocycles. The second-order valence-corrected chi connectivity index (χ2v) is 30.8. The van der Waals surface area contributed by atoms with Crippen LogP contribution in [0.4, 0.5) is 23.4 Å². The minimum absolute atomic E-state index is 0.0118. The Hall–Kier alpha value is -12.1. The molecule has 1 aliphatic carbocycles. The Bertz CT molecular complexity index is 6110. The third kappa shape index (κ3) is 12.5. The maximum Gasteiger partial charge on any atom is 0.252 e. The number of benzene rings is 5. The molecule has 530 valence electrons. The van der Waals surface area contributed by atoms with Crippen LogP contribution in [0.15, 0.2) is 211 Å². The first-order valence-electron chi connectivity index (χ1n) is 35.9. The van der Waals surface area contributed by atoms with Gasteiger partial charge in [-0.3, -0.25) is 33.2 Å². The molecule has 2 saturated heterocycles. The molecule has 14 heterocycles. The number of nitrogen functional groups attached to an aromatic ring is 3. The number of nitrogens with two attached hydrogens (primary N) is 3. The fourth-order valence-electron chi connectivity index (χ4n) is 15.8. The number of carbonyl (C=O) groups is 1. The number of nitrogens with zero attached hydrogens (tertiary/aromatic N) is 13. The average Bonchev–Trinajstić information content (AvgIpc) is 1.61. The van der Waals surface area contributed by atoms with E-state index in [0.717, 1.165) is 181 Å². The van der Waals surface area contributed by atoms with Gasteiger partial charge in [-0.1, -0.05) is 97.1 Å². The Kier molecular flexibility index (Phi) is 17.1. The number of sulfonamides is 1. The predicted molar refractivity (Wildman–Crippen MR) is 418 cm³/mol. The number of aromatic nitrogens is 15. The summed E-state index contributed by atoms with van der Waals surface area (Å²) in [7, 11) is -3.44. The van der Waals surface area contributed by atoms with E-state index in [9.17, 15) is 13.2 Å². The van der Waals surface area contributed by atoms with Gasteiger partial charge in [-0.05, 0) is 137 Å². The second kappa shape index (κ2) is 27.5. The van der Waals surface area contributed by atoms with E-state index >= 15 is 0 Å². The number of thiophene rings is 1. The lowest BCUT2D eigenvalue weighted by Gasteiger charge is -2.31. The molecule has 2 aliphatic heterocycles. The van der Waals surface area contributed by atoms with Crippen LogP contribution in [0.25, 0.3) is 105 Å². The topological polar surface area (TPSA) is 327 Å². The first kappa shape index (κ1) is 65.9. The molecule has 24 nitrogen and oxygen atoms in total. The number of para-hydroxylation sites is 6. The number of imidazole rings is 4. The van der Waals surface area contributed by atoms with E-state index in [0.29, 0.717) is 59.5 Å². The summed E-state index contributed by atoms with van der Waals surface area (Å²) in [6.45, 7) is 3.81.